The molecule has 2 aliphatic carbocycles. The Kier molecular flexibility index (Phi) is 3.79. The predicted octanol–water partition coefficient (Wildman–Crippen LogP) is 3.49. The summed E-state index contributed by atoms with van der Waals surface area (Å²) in [7, 11) is 0. The molecular weight excluding hydrogens is 248 g/mol. The molecule has 0 aliphatic heterocycles. The van der Waals surface area contributed by atoms with Gasteiger partial charge in [-0.25, -0.2) is 0 Å². The number of benzene rings is 1. The summed E-state index contributed by atoms with van der Waals surface area (Å²) in [6.07, 6.45) is 8.38. The Bertz CT molecular complexity index is 505. The third kappa shape index (κ3) is 2.24. The van der Waals surface area contributed by atoms with Crippen molar-refractivity contribution in [1.29, 1.82) is 0 Å². The molecule has 2 N–H and O–H groups in total. The molecule has 0 spiro atoms. The van der Waals surface area contributed by atoms with E-state index in [-0.39, 0.29) is 5.54 Å². The fourth-order valence-electron chi connectivity index (χ4n) is 3.87. The maximum atomic E-state index is 9.56. The van der Waals surface area contributed by atoms with Crippen LogP contribution in [-0.2, 0) is 6.42 Å². The van der Waals surface area contributed by atoms with Crippen LogP contribution in [0.4, 0.5) is 0 Å². The van der Waals surface area contributed by atoms with E-state index in [1.165, 1.54) is 37.7 Å². The predicted molar refractivity (Wildman–Crippen MR) is 81.5 cm³/mol. The summed E-state index contributed by atoms with van der Waals surface area (Å²) < 4.78 is 0. The lowest BCUT2D eigenvalue weighted by molar-refractivity contribution is 0.280. The van der Waals surface area contributed by atoms with Gasteiger partial charge in [-0.2, -0.15) is 0 Å². The quantitative estimate of drug-likeness (QED) is 0.653. The van der Waals surface area contributed by atoms with Crippen molar-refractivity contribution in [2.45, 2.75) is 63.5 Å². The van der Waals surface area contributed by atoms with E-state index in [4.69, 9.17) is 0 Å². The minimum atomic E-state index is -0.180. The van der Waals surface area contributed by atoms with E-state index in [2.05, 4.69) is 35.6 Å². The fourth-order valence-corrected chi connectivity index (χ4v) is 3.87. The highest BCUT2D eigenvalue weighted by molar-refractivity contribution is 6.11. The zero-order chi connectivity index (χ0) is 14.0. The number of rotatable bonds is 3. The van der Waals surface area contributed by atoms with E-state index in [0.717, 1.165) is 24.1 Å². The van der Waals surface area contributed by atoms with Crippen molar-refractivity contribution in [3.05, 3.63) is 35.4 Å². The lowest BCUT2D eigenvalue weighted by atomic mass is 9.86. The van der Waals surface area contributed by atoms with Crippen LogP contribution in [0.1, 0.15) is 56.6 Å². The summed E-state index contributed by atoms with van der Waals surface area (Å²) in [6.45, 7) is 2.19. The third-order valence-electron chi connectivity index (χ3n) is 5.01. The first-order chi connectivity index (χ1) is 9.79. The highest BCUT2D eigenvalue weighted by Gasteiger charge is 2.43. The lowest BCUT2D eigenvalue weighted by Crippen LogP contribution is -2.55. The molecule has 20 heavy (non-hydrogen) atoms. The number of nitrogens with zero attached hydrogens (tertiary/aromatic N) is 1. The van der Waals surface area contributed by atoms with Gasteiger partial charge >= 0.3 is 0 Å². The van der Waals surface area contributed by atoms with E-state index in [1.54, 1.807) is 0 Å². The largest absolute Gasteiger partial charge is 0.411 e. The minimum Gasteiger partial charge on any atom is -0.411 e. The van der Waals surface area contributed by atoms with Crippen LogP contribution in [0.2, 0.25) is 0 Å². The fraction of sp³-hybridized carbons (Fsp3) is 0.588. The summed E-state index contributed by atoms with van der Waals surface area (Å²) in [5.41, 5.74) is 3.06. The van der Waals surface area contributed by atoms with Gasteiger partial charge in [0.1, 0.15) is 5.71 Å². The van der Waals surface area contributed by atoms with Crippen molar-refractivity contribution in [3.8, 4) is 0 Å². The van der Waals surface area contributed by atoms with E-state index in [9.17, 15) is 5.21 Å². The van der Waals surface area contributed by atoms with Crippen LogP contribution in [0.5, 0.6) is 0 Å². The monoisotopic (exact) mass is 272 g/mol. The Labute approximate surface area is 121 Å². The second-order valence-electron chi connectivity index (χ2n) is 6.20. The van der Waals surface area contributed by atoms with Crippen molar-refractivity contribution >= 4 is 5.71 Å². The molecule has 0 bridgehead atoms. The van der Waals surface area contributed by atoms with Gasteiger partial charge in [-0.3, -0.25) is 0 Å². The Morgan fingerprint density at radius 2 is 2.00 bits per heavy atom. The first-order valence-corrected chi connectivity index (χ1v) is 7.87. The number of fused-ring (bicyclic) bond motifs is 1. The Balaban J connectivity index is 1.89. The average Bonchev–Trinajstić information content (AvgIpc) is 2.81. The zero-order valence-corrected chi connectivity index (χ0v) is 12.2. The average molecular weight is 272 g/mol. The normalized spacial score (nSPS) is 28.8. The van der Waals surface area contributed by atoms with Gasteiger partial charge in [0.25, 0.3) is 0 Å². The topological polar surface area (TPSA) is 44.6 Å². The standard InChI is InChI=1S/C17H24N2O/c1-2-17(18-14-9-4-3-5-10-14)12-13-8-6-7-11-15(13)16(17)19-20/h6-8,11,14,18,20H,2-5,9-10,12H2,1H3. The van der Waals surface area contributed by atoms with E-state index >= 15 is 0 Å². The maximum Gasteiger partial charge on any atom is 0.107 e. The zero-order valence-electron chi connectivity index (χ0n) is 12.2. The lowest BCUT2D eigenvalue weighted by Gasteiger charge is -2.36. The molecular formula is C17H24N2O. The summed E-state index contributed by atoms with van der Waals surface area (Å²) >= 11 is 0. The molecule has 108 valence electrons. The SMILES string of the molecule is CCC1(NC2CCCCC2)Cc2ccccc2C1=NO. The number of oxime groups is 1. The first-order valence-electron chi connectivity index (χ1n) is 7.87. The van der Waals surface area contributed by atoms with Gasteiger partial charge in [0.2, 0.25) is 0 Å². The molecule has 3 heteroatoms. The Hall–Kier alpha value is -1.35. The molecule has 0 aromatic heterocycles. The highest BCUT2D eigenvalue weighted by Crippen LogP contribution is 2.34. The molecule has 1 fully saturated rings. The van der Waals surface area contributed by atoms with E-state index < -0.39 is 0 Å². The molecule has 3 nitrogen and oxygen atoms in total. The molecule has 1 aromatic carbocycles. The van der Waals surface area contributed by atoms with Gasteiger partial charge in [-0.05, 0) is 31.2 Å². The van der Waals surface area contributed by atoms with Crippen LogP contribution in [0, 0.1) is 0 Å². The summed E-state index contributed by atoms with van der Waals surface area (Å²) in [4.78, 5) is 0. The number of hydrogen-bond acceptors (Lipinski definition) is 3. The van der Waals surface area contributed by atoms with Gasteiger partial charge in [-0.1, -0.05) is 55.6 Å². The molecule has 1 aromatic rings. The highest BCUT2D eigenvalue weighted by atomic mass is 16.4. The second-order valence-corrected chi connectivity index (χ2v) is 6.20. The Morgan fingerprint density at radius 1 is 1.25 bits per heavy atom. The van der Waals surface area contributed by atoms with Crippen molar-refractivity contribution < 1.29 is 5.21 Å². The smallest absolute Gasteiger partial charge is 0.107 e. The summed E-state index contributed by atoms with van der Waals surface area (Å²) in [6, 6.07) is 8.89. The van der Waals surface area contributed by atoms with Crippen molar-refractivity contribution in [1.82, 2.24) is 5.32 Å². The summed E-state index contributed by atoms with van der Waals surface area (Å²) in [5.74, 6) is 0. The van der Waals surface area contributed by atoms with Gasteiger partial charge in [0, 0.05) is 11.6 Å². The van der Waals surface area contributed by atoms with Gasteiger partial charge in [0.15, 0.2) is 0 Å². The maximum absolute atomic E-state index is 9.56. The van der Waals surface area contributed by atoms with Crippen molar-refractivity contribution in [2.75, 3.05) is 0 Å². The van der Waals surface area contributed by atoms with Gasteiger partial charge in [0.05, 0.1) is 5.54 Å². The van der Waals surface area contributed by atoms with Crippen molar-refractivity contribution in [3.63, 3.8) is 0 Å². The molecule has 1 saturated carbocycles. The van der Waals surface area contributed by atoms with Crippen LogP contribution in [-0.4, -0.2) is 22.5 Å². The van der Waals surface area contributed by atoms with Crippen LogP contribution < -0.4 is 5.32 Å². The van der Waals surface area contributed by atoms with E-state index in [0.29, 0.717) is 6.04 Å². The second kappa shape index (κ2) is 5.57. The van der Waals surface area contributed by atoms with Gasteiger partial charge < -0.3 is 10.5 Å². The molecule has 1 unspecified atom stereocenters. The van der Waals surface area contributed by atoms with Crippen LogP contribution >= 0.6 is 0 Å². The number of nitrogens with one attached hydrogen (secondary N) is 1. The Morgan fingerprint density at radius 3 is 2.70 bits per heavy atom. The molecule has 0 saturated heterocycles. The molecule has 1 atom stereocenters. The van der Waals surface area contributed by atoms with Crippen LogP contribution in [0.25, 0.3) is 0 Å². The first kappa shape index (κ1) is 13.6. The summed E-state index contributed by atoms with van der Waals surface area (Å²) in [5, 5.41) is 17.1. The molecule has 2 aliphatic rings. The van der Waals surface area contributed by atoms with Crippen LogP contribution in [0.3, 0.4) is 0 Å². The van der Waals surface area contributed by atoms with Crippen LogP contribution in [0.15, 0.2) is 29.4 Å². The molecule has 0 amide bonds. The number of hydrogen-bond donors (Lipinski definition) is 2. The molecule has 0 heterocycles. The van der Waals surface area contributed by atoms with E-state index in [1.807, 2.05) is 6.07 Å². The van der Waals surface area contributed by atoms with Crippen molar-refractivity contribution in [2.24, 2.45) is 5.16 Å². The molecule has 0 radical (unpaired) electrons. The minimum absolute atomic E-state index is 0.180. The van der Waals surface area contributed by atoms with Gasteiger partial charge in [-0.15, -0.1) is 0 Å². The molecule has 3 rings (SSSR count). The third-order valence-corrected chi connectivity index (χ3v) is 5.01.